The number of carboxylic acid groups (broad SMARTS) is 1. The Hall–Kier alpha value is -4.06. The molecule has 33 heavy (non-hydrogen) atoms. The first-order valence-corrected chi connectivity index (χ1v) is 10.8. The highest BCUT2D eigenvalue weighted by molar-refractivity contribution is 5.71. The molecule has 1 unspecified atom stereocenters. The van der Waals surface area contributed by atoms with E-state index in [1.165, 1.54) is 0 Å². The molecule has 166 valence electrons. The maximum Gasteiger partial charge on any atom is 0.310 e. The molecular formula is C27H23NO5. The van der Waals surface area contributed by atoms with Crippen LogP contribution in [0.2, 0.25) is 0 Å². The molecule has 1 aliphatic heterocycles. The van der Waals surface area contributed by atoms with Crippen molar-refractivity contribution in [1.82, 2.24) is 4.98 Å². The third-order valence-corrected chi connectivity index (χ3v) is 5.80. The van der Waals surface area contributed by atoms with Crippen molar-refractivity contribution in [3.8, 4) is 34.1 Å². The van der Waals surface area contributed by atoms with Gasteiger partial charge in [-0.3, -0.25) is 4.79 Å². The van der Waals surface area contributed by atoms with E-state index in [9.17, 15) is 9.90 Å². The third-order valence-electron chi connectivity index (χ3n) is 5.80. The molecule has 0 spiro atoms. The molecule has 0 bridgehead atoms. The summed E-state index contributed by atoms with van der Waals surface area (Å²) in [6.45, 7) is 2.30. The summed E-state index contributed by atoms with van der Waals surface area (Å²) in [4.78, 5) is 15.8. The molecule has 1 atom stereocenters. The van der Waals surface area contributed by atoms with Crippen LogP contribution < -0.4 is 9.47 Å². The Morgan fingerprint density at radius 2 is 1.76 bits per heavy atom. The van der Waals surface area contributed by atoms with E-state index in [2.05, 4.69) is 29.2 Å². The average molecular weight is 441 g/mol. The highest BCUT2D eigenvalue weighted by Crippen LogP contribution is 2.32. The van der Waals surface area contributed by atoms with Crippen molar-refractivity contribution < 1.29 is 23.8 Å². The number of benzene rings is 3. The zero-order valence-corrected chi connectivity index (χ0v) is 18.2. The minimum Gasteiger partial charge on any atom is -0.492 e. The Morgan fingerprint density at radius 1 is 1.03 bits per heavy atom. The molecule has 1 N–H and O–H groups in total. The average Bonchev–Trinajstić information content (AvgIpc) is 3.23. The zero-order chi connectivity index (χ0) is 22.8. The number of fused-ring (bicyclic) bond motifs is 1. The Labute approximate surface area is 191 Å². The minimum absolute atomic E-state index is 0.167. The Bertz CT molecular complexity index is 1280. The molecule has 0 fully saturated rings. The highest BCUT2D eigenvalue weighted by Gasteiger charge is 2.26. The summed E-state index contributed by atoms with van der Waals surface area (Å²) in [6, 6.07) is 23.8. The Balaban J connectivity index is 1.27. The molecule has 0 aliphatic carbocycles. The molecule has 1 aromatic heterocycles. The minimum atomic E-state index is -0.840. The molecular weight excluding hydrogens is 418 g/mol. The fourth-order valence-corrected chi connectivity index (χ4v) is 3.87. The molecule has 5 rings (SSSR count). The summed E-state index contributed by atoms with van der Waals surface area (Å²) >= 11 is 0. The molecule has 6 nitrogen and oxygen atoms in total. The third kappa shape index (κ3) is 4.46. The molecule has 2 heterocycles. The number of carbonyl (C=O) groups is 1. The summed E-state index contributed by atoms with van der Waals surface area (Å²) < 4.78 is 17.4. The van der Waals surface area contributed by atoms with Crippen LogP contribution in [0, 0.1) is 12.8 Å². The van der Waals surface area contributed by atoms with Gasteiger partial charge in [-0.15, -0.1) is 0 Å². The molecule has 0 saturated carbocycles. The van der Waals surface area contributed by atoms with Crippen LogP contribution in [0.25, 0.3) is 22.6 Å². The number of hydrogen-bond acceptors (Lipinski definition) is 5. The number of hydrogen-bond donors (Lipinski definition) is 1. The zero-order valence-electron chi connectivity index (χ0n) is 18.2. The van der Waals surface area contributed by atoms with E-state index in [0.717, 1.165) is 27.9 Å². The second-order valence-corrected chi connectivity index (χ2v) is 8.07. The molecule has 3 aromatic carbocycles. The predicted molar refractivity (Wildman–Crippen MR) is 123 cm³/mol. The number of rotatable bonds is 6. The second-order valence-electron chi connectivity index (χ2n) is 8.07. The summed E-state index contributed by atoms with van der Waals surface area (Å²) in [5.74, 6) is 1.21. The van der Waals surface area contributed by atoms with E-state index in [-0.39, 0.29) is 13.2 Å². The lowest BCUT2D eigenvalue weighted by Crippen LogP contribution is -2.27. The highest BCUT2D eigenvalue weighted by atomic mass is 16.5. The van der Waals surface area contributed by atoms with Crippen LogP contribution in [0.4, 0.5) is 0 Å². The number of aliphatic carboxylic acids is 1. The standard InChI is InChI=1S/C27H23NO5/c1-17-24(16-31-23-12-11-21-13-22(27(29)30)15-32-25(21)14-23)28-26(33-17)20-9-7-19(8-10-20)18-5-3-2-4-6-18/h2-12,14,22H,13,15-16H2,1H3,(H,29,30). The van der Waals surface area contributed by atoms with E-state index in [1.807, 2.05) is 49.4 Å². The SMILES string of the molecule is Cc1oc(-c2ccc(-c3ccccc3)cc2)nc1COc1ccc2c(c1)OCC(C(=O)O)C2. The van der Waals surface area contributed by atoms with Gasteiger partial charge in [0.15, 0.2) is 0 Å². The topological polar surface area (TPSA) is 81.8 Å². The number of oxazole rings is 1. The van der Waals surface area contributed by atoms with Crippen molar-refractivity contribution in [2.24, 2.45) is 5.92 Å². The van der Waals surface area contributed by atoms with Crippen molar-refractivity contribution in [3.63, 3.8) is 0 Å². The van der Waals surface area contributed by atoms with E-state index >= 15 is 0 Å². The fourth-order valence-electron chi connectivity index (χ4n) is 3.87. The predicted octanol–water partition coefficient (Wildman–Crippen LogP) is 5.53. The van der Waals surface area contributed by atoms with Crippen LogP contribution in [0.1, 0.15) is 17.0 Å². The van der Waals surface area contributed by atoms with Crippen molar-refractivity contribution in [2.45, 2.75) is 20.0 Å². The van der Waals surface area contributed by atoms with Crippen LogP contribution in [0.15, 0.2) is 77.2 Å². The van der Waals surface area contributed by atoms with Gasteiger partial charge >= 0.3 is 5.97 Å². The van der Waals surface area contributed by atoms with Crippen molar-refractivity contribution >= 4 is 5.97 Å². The van der Waals surface area contributed by atoms with Gasteiger partial charge in [0.25, 0.3) is 0 Å². The lowest BCUT2D eigenvalue weighted by molar-refractivity contribution is -0.143. The van der Waals surface area contributed by atoms with Gasteiger partial charge in [-0.2, -0.15) is 0 Å². The van der Waals surface area contributed by atoms with Crippen LogP contribution in [0.5, 0.6) is 11.5 Å². The lowest BCUT2D eigenvalue weighted by Gasteiger charge is -2.22. The fraction of sp³-hybridized carbons (Fsp3) is 0.185. The van der Waals surface area contributed by atoms with Crippen LogP contribution in [0.3, 0.4) is 0 Å². The first-order chi connectivity index (χ1) is 16.1. The monoisotopic (exact) mass is 441 g/mol. The van der Waals surface area contributed by atoms with Gasteiger partial charge in [0.2, 0.25) is 5.89 Å². The van der Waals surface area contributed by atoms with Gasteiger partial charge < -0.3 is 19.0 Å². The van der Waals surface area contributed by atoms with Crippen molar-refractivity contribution in [2.75, 3.05) is 6.61 Å². The van der Waals surface area contributed by atoms with Crippen molar-refractivity contribution in [1.29, 1.82) is 0 Å². The number of nitrogens with zero attached hydrogens (tertiary/aromatic N) is 1. The molecule has 0 saturated heterocycles. The largest absolute Gasteiger partial charge is 0.492 e. The quantitative estimate of drug-likeness (QED) is 0.424. The summed E-state index contributed by atoms with van der Waals surface area (Å²) in [5, 5.41) is 9.18. The molecule has 0 amide bonds. The smallest absolute Gasteiger partial charge is 0.310 e. The molecule has 4 aromatic rings. The van der Waals surface area contributed by atoms with E-state index in [1.54, 1.807) is 6.07 Å². The van der Waals surface area contributed by atoms with E-state index in [0.29, 0.717) is 29.6 Å². The molecule has 0 radical (unpaired) electrons. The summed E-state index contributed by atoms with van der Waals surface area (Å²) in [7, 11) is 0. The van der Waals surface area contributed by atoms with Gasteiger partial charge in [-0.1, -0.05) is 48.5 Å². The number of aryl methyl sites for hydroxylation is 1. The summed E-state index contributed by atoms with van der Waals surface area (Å²) in [5.41, 5.74) is 4.80. The lowest BCUT2D eigenvalue weighted by atomic mass is 9.97. The maximum atomic E-state index is 11.2. The first kappa shape index (κ1) is 20.8. The summed E-state index contributed by atoms with van der Waals surface area (Å²) in [6.07, 6.45) is 0.458. The van der Waals surface area contributed by atoms with Gasteiger partial charge in [0.1, 0.15) is 36.2 Å². The van der Waals surface area contributed by atoms with E-state index < -0.39 is 11.9 Å². The Kier molecular flexibility index (Phi) is 5.57. The van der Waals surface area contributed by atoms with Crippen LogP contribution in [-0.2, 0) is 17.8 Å². The van der Waals surface area contributed by atoms with Gasteiger partial charge in [0.05, 0.1) is 5.92 Å². The van der Waals surface area contributed by atoms with Crippen LogP contribution in [-0.4, -0.2) is 22.7 Å². The van der Waals surface area contributed by atoms with Crippen molar-refractivity contribution in [3.05, 3.63) is 89.8 Å². The molecule has 6 heteroatoms. The van der Waals surface area contributed by atoms with Crippen LogP contribution >= 0.6 is 0 Å². The van der Waals surface area contributed by atoms with E-state index in [4.69, 9.17) is 13.9 Å². The van der Waals surface area contributed by atoms with Gasteiger partial charge in [0, 0.05) is 11.6 Å². The number of carboxylic acids is 1. The number of aromatic nitrogens is 1. The second kappa shape index (κ2) is 8.82. The number of ether oxygens (including phenoxy) is 2. The maximum absolute atomic E-state index is 11.2. The van der Waals surface area contributed by atoms with Gasteiger partial charge in [-0.05, 0) is 48.2 Å². The van der Waals surface area contributed by atoms with Gasteiger partial charge in [-0.25, -0.2) is 4.98 Å². The first-order valence-electron chi connectivity index (χ1n) is 10.8. The molecule has 1 aliphatic rings. The normalized spacial score (nSPS) is 14.9. The Morgan fingerprint density at radius 3 is 2.52 bits per heavy atom.